The summed E-state index contributed by atoms with van der Waals surface area (Å²) in [5, 5.41) is 6.85. The first-order valence-corrected chi connectivity index (χ1v) is 13.9. The molecule has 0 bridgehead atoms. The van der Waals surface area contributed by atoms with Crippen molar-refractivity contribution in [2.45, 2.75) is 44.4 Å². The monoisotopic (exact) mass is 618 g/mol. The number of methoxy groups -OCH3 is 1. The molecule has 0 atom stereocenters. The minimum absolute atomic E-state index is 0.0584. The Kier molecular flexibility index (Phi) is 7.84. The van der Waals surface area contributed by atoms with E-state index in [-0.39, 0.29) is 18.2 Å². The number of carbonyl (C=O) groups is 3. The number of dihydropyridines is 1. The van der Waals surface area contributed by atoms with Gasteiger partial charge < -0.3 is 20.1 Å². The molecule has 198 valence electrons. The molecule has 5 rings (SSSR count). The average Bonchev–Trinajstić information content (AvgIpc) is 2.89. The van der Waals surface area contributed by atoms with Gasteiger partial charge in [0, 0.05) is 47.0 Å². The number of hydrogen-bond acceptors (Lipinski definition) is 6. The van der Waals surface area contributed by atoms with Crippen LogP contribution in [-0.2, 0) is 14.4 Å². The van der Waals surface area contributed by atoms with Gasteiger partial charge in [-0.25, -0.2) is 0 Å². The molecular weight excluding hydrogens is 595 g/mol. The maximum atomic E-state index is 13.1. The number of hydrogen-bond donors (Lipinski definition) is 2. The van der Waals surface area contributed by atoms with E-state index in [1.54, 1.807) is 24.3 Å². The van der Waals surface area contributed by atoms with Crippen LogP contribution in [0.5, 0.6) is 11.5 Å². The van der Waals surface area contributed by atoms with E-state index in [0.717, 1.165) is 42.6 Å². The predicted molar refractivity (Wildman–Crippen MR) is 149 cm³/mol. The molecule has 1 amide bonds. The number of halogens is 3. The molecule has 0 saturated carbocycles. The lowest BCUT2D eigenvalue weighted by Gasteiger charge is -2.37. The molecule has 1 heterocycles. The Labute approximate surface area is 238 Å². The second-order valence-electron chi connectivity index (χ2n) is 9.40. The van der Waals surface area contributed by atoms with Gasteiger partial charge in [-0.3, -0.25) is 14.4 Å². The Balaban J connectivity index is 1.44. The third kappa shape index (κ3) is 5.22. The van der Waals surface area contributed by atoms with Crippen molar-refractivity contribution in [1.29, 1.82) is 0 Å². The Hall–Kier alpha value is -2.81. The van der Waals surface area contributed by atoms with E-state index in [1.807, 2.05) is 6.07 Å². The minimum atomic E-state index is -0.473. The maximum Gasteiger partial charge on any atom is 0.262 e. The Morgan fingerprint density at radius 3 is 2.26 bits per heavy atom. The second-order valence-corrected chi connectivity index (χ2v) is 11.1. The Bertz CT molecular complexity index is 1380. The van der Waals surface area contributed by atoms with Crippen LogP contribution in [0.25, 0.3) is 0 Å². The highest BCUT2D eigenvalue weighted by Crippen LogP contribution is 2.48. The number of anilines is 1. The van der Waals surface area contributed by atoms with Crippen molar-refractivity contribution in [3.05, 3.63) is 73.0 Å². The molecule has 2 N–H and O–H groups in total. The highest BCUT2D eigenvalue weighted by atomic mass is 79.9. The van der Waals surface area contributed by atoms with Crippen molar-refractivity contribution in [1.82, 2.24) is 5.32 Å². The molecule has 3 aliphatic rings. The van der Waals surface area contributed by atoms with Gasteiger partial charge in [0.15, 0.2) is 29.7 Å². The normalized spacial score (nSPS) is 17.6. The topological polar surface area (TPSA) is 93.7 Å². The van der Waals surface area contributed by atoms with Gasteiger partial charge in [-0.15, -0.1) is 0 Å². The lowest BCUT2D eigenvalue weighted by Crippen LogP contribution is -2.36. The predicted octanol–water partition coefficient (Wildman–Crippen LogP) is 6.48. The maximum absolute atomic E-state index is 13.1. The Morgan fingerprint density at radius 1 is 1.00 bits per heavy atom. The van der Waals surface area contributed by atoms with Gasteiger partial charge in [-0.05, 0) is 77.5 Å². The van der Waals surface area contributed by atoms with E-state index in [0.29, 0.717) is 55.7 Å². The van der Waals surface area contributed by atoms with Crippen molar-refractivity contribution in [3.63, 3.8) is 0 Å². The number of rotatable bonds is 6. The number of carbonyl (C=O) groups excluding carboxylic acids is 3. The van der Waals surface area contributed by atoms with Crippen LogP contribution in [0.3, 0.4) is 0 Å². The number of Topliss-reactive ketones (excluding diaryl/α,β-unsaturated/α-hetero) is 2. The van der Waals surface area contributed by atoms with Crippen LogP contribution in [0, 0.1) is 0 Å². The lowest BCUT2D eigenvalue weighted by atomic mass is 9.71. The molecule has 2 aromatic rings. The number of benzene rings is 2. The third-order valence-electron chi connectivity index (χ3n) is 6.93. The SMILES string of the molecule is COc1cc(C2C3=C(CCCC3=O)NC3=C2C(=O)CCC3)cc(Br)c1OCC(=O)Nc1ccc(Cl)c(Cl)c1. The molecule has 0 spiro atoms. The van der Waals surface area contributed by atoms with Gasteiger partial charge in [-0.2, -0.15) is 0 Å². The fraction of sp³-hybridized carbons (Fsp3) is 0.321. The van der Waals surface area contributed by atoms with Crippen LogP contribution in [-0.4, -0.2) is 31.2 Å². The summed E-state index contributed by atoms with van der Waals surface area (Å²) < 4.78 is 12.0. The number of ether oxygens (including phenoxy) is 2. The van der Waals surface area contributed by atoms with E-state index in [2.05, 4.69) is 26.6 Å². The van der Waals surface area contributed by atoms with E-state index >= 15 is 0 Å². The fourth-order valence-electron chi connectivity index (χ4n) is 5.27. The van der Waals surface area contributed by atoms with E-state index in [4.69, 9.17) is 32.7 Å². The summed E-state index contributed by atoms with van der Waals surface area (Å²) in [4.78, 5) is 38.7. The van der Waals surface area contributed by atoms with Gasteiger partial charge in [0.2, 0.25) is 0 Å². The van der Waals surface area contributed by atoms with Gasteiger partial charge in [0.1, 0.15) is 0 Å². The summed E-state index contributed by atoms with van der Waals surface area (Å²) >= 11 is 15.5. The molecule has 0 radical (unpaired) electrons. The summed E-state index contributed by atoms with van der Waals surface area (Å²) in [6.45, 7) is -0.288. The lowest BCUT2D eigenvalue weighted by molar-refractivity contribution is -0.118. The van der Waals surface area contributed by atoms with Crippen LogP contribution in [0.15, 0.2) is 57.3 Å². The molecule has 0 unspecified atom stereocenters. The second kappa shape index (κ2) is 11.1. The van der Waals surface area contributed by atoms with Crippen LogP contribution in [0.2, 0.25) is 10.0 Å². The van der Waals surface area contributed by atoms with Crippen molar-refractivity contribution >= 4 is 62.3 Å². The highest BCUT2D eigenvalue weighted by molar-refractivity contribution is 9.10. The highest BCUT2D eigenvalue weighted by Gasteiger charge is 2.40. The molecule has 0 fully saturated rings. The molecular formula is C28H25BrCl2N2O5. The van der Waals surface area contributed by atoms with Crippen molar-refractivity contribution in [3.8, 4) is 11.5 Å². The molecule has 0 saturated heterocycles. The summed E-state index contributed by atoms with van der Waals surface area (Å²) in [6.07, 6.45) is 4.05. The van der Waals surface area contributed by atoms with Crippen LogP contribution in [0.4, 0.5) is 5.69 Å². The van der Waals surface area contributed by atoms with Gasteiger partial charge >= 0.3 is 0 Å². The van der Waals surface area contributed by atoms with Crippen molar-refractivity contribution in [2.75, 3.05) is 19.0 Å². The number of nitrogens with one attached hydrogen (secondary N) is 2. The summed E-state index contributed by atoms with van der Waals surface area (Å²) in [5.41, 5.74) is 4.39. The first kappa shape index (κ1) is 26.8. The molecule has 10 heteroatoms. The smallest absolute Gasteiger partial charge is 0.262 e. The van der Waals surface area contributed by atoms with Gasteiger partial charge in [0.25, 0.3) is 5.91 Å². The van der Waals surface area contributed by atoms with Crippen molar-refractivity contribution < 1.29 is 23.9 Å². The number of amides is 1. The zero-order chi connectivity index (χ0) is 27.0. The number of ketones is 2. The average molecular weight is 620 g/mol. The molecule has 2 aromatic carbocycles. The minimum Gasteiger partial charge on any atom is -0.493 e. The fourth-order valence-corrected chi connectivity index (χ4v) is 6.14. The van der Waals surface area contributed by atoms with Crippen LogP contribution in [0.1, 0.15) is 50.0 Å². The third-order valence-corrected chi connectivity index (χ3v) is 8.26. The molecule has 1 aliphatic heterocycles. The molecule has 38 heavy (non-hydrogen) atoms. The quantitative estimate of drug-likeness (QED) is 0.384. The number of allylic oxidation sites excluding steroid dienone is 4. The summed E-state index contributed by atoms with van der Waals surface area (Å²) in [6, 6.07) is 8.41. The van der Waals surface area contributed by atoms with Crippen LogP contribution >= 0.6 is 39.1 Å². The summed E-state index contributed by atoms with van der Waals surface area (Å²) in [7, 11) is 1.50. The van der Waals surface area contributed by atoms with Gasteiger partial charge in [0.05, 0.1) is 21.6 Å². The van der Waals surface area contributed by atoms with E-state index < -0.39 is 11.8 Å². The zero-order valence-corrected chi connectivity index (χ0v) is 23.7. The first-order valence-electron chi connectivity index (χ1n) is 12.3. The van der Waals surface area contributed by atoms with E-state index in [9.17, 15) is 14.4 Å². The van der Waals surface area contributed by atoms with Gasteiger partial charge in [-0.1, -0.05) is 23.2 Å². The van der Waals surface area contributed by atoms with Crippen molar-refractivity contribution in [2.24, 2.45) is 0 Å². The Morgan fingerprint density at radius 2 is 1.66 bits per heavy atom. The largest absolute Gasteiger partial charge is 0.493 e. The summed E-state index contributed by atoms with van der Waals surface area (Å²) in [5.74, 6) is -0.0379. The standard InChI is InChI=1S/C28H25BrCl2N2O5/c1-37-23-11-14(10-16(29)28(23)38-13-24(36)32-15-8-9-17(30)18(31)12-15)25-26-19(4-2-6-21(26)34)33-20-5-3-7-22(35)27(20)25/h8-12,25,33H,2-7,13H2,1H3,(H,32,36). The van der Waals surface area contributed by atoms with E-state index in [1.165, 1.54) is 7.11 Å². The molecule has 2 aliphatic carbocycles. The zero-order valence-electron chi connectivity index (χ0n) is 20.6. The molecule has 0 aromatic heterocycles. The first-order chi connectivity index (χ1) is 18.3. The molecule has 7 nitrogen and oxygen atoms in total. The van der Waals surface area contributed by atoms with Crippen LogP contribution < -0.4 is 20.1 Å².